The fourth-order valence-corrected chi connectivity index (χ4v) is 13.0. The van der Waals surface area contributed by atoms with Crippen LogP contribution in [0.25, 0.3) is 82.9 Å². The number of benzene rings is 9. The summed E-state index contributed by atoms with van der Waals surface area (Å²) >= 11 is 0. The summed E-state index contributed by atoms with van der Waals surface area (Å²) < 4.78 is 16.3. The second kappa shape index (κ2) is 20.9. The smallest absolute Gasteiger partial charge is 0.135 e. The molecule has 0 unspecified atom stereocenters. The number of para-hydroxylation sites is 4. The summed E-state index contributed by atoms with van der Waals surface area (Å²) in [5.74, 6) is 1.92. The van der Waals surface area contributed by atoms with Crippen LogP contribution >= 0.6 is 0 Å². The van der Waals surface area contributed by atoms with Crippen LogP contribution < -0.4 is 14.5 Å². The van der Waals surface area contributed by atoms with Gasteiger partial charge >= 0.3 is 0 Å². The summed E-state index contributed by atoms with van der Waals surface area (Å²) in [6.07, 6.45) is 1.92. The van der Waals surface area contributed by atoms with E-state index < -0.39 is 0 Å². The van der Waals surface area contributed by atoms with Gasteiger partial charge in [-0.2, -0.15) is 6.07 Å². The van der Waals surface area contributed by atoms with Crippen LogP contribution in [0.5, 0.6) is 11.5 Å². The molecule has 0 fully saturated rings. The van der Waals surface area contributed by atoms with Crippen LogP contribution in [-0.2, 0) is 37.3 Å². The van der Waals surface area contributed by atoms with Gasteiger partial charge in [-0.3, -0.25) is 0 Å². The van der Waals surface area contributed by atoms with Crippen LogP contribution in [0.3, 0.4) is 0 Å². The van der Waals surface area contributed by atoms with Gasteiger partial charge in [-0.1, -0.05) is 181 Å². The molecule has 12 aromatic rings. The normalized spacial score (nSPS) is 12.9. The van der Waals surface area contributed by atoms with Gasteiger partial charge in [0, 0.05) is 83.2 Å². The molecule has 4 heterocycles. The third-order valence-corrected chi connectivity index (χ3v) is 16.8. The molecule has 7 heteroatoms. The van der Waals surface area contributed by atoms with Gasteiger partial charge in [0.15, 0.2) is 0 Å². The average molecular weight is 1280 g/mol. The van der Waals surface area contributed by atoms with E-state index in [9.17, 15) is 0 Å². The molecule has 424 valence electrons. The monoisotopic (exact) mass is 1280 g/mol. The topological polar surface area (TPSA) is 46.7 Å². The van der Waals surface area contributed by atoms with E-state index in [1.54, 1.807) is 0 Å². The zero-order valence-electron chi connectivity index (χ0n) is 50.7. The molecular weight excluding hydrogens is 1210 g/mol. The first-order valence-corrected chi connectivity index (χ1v) is 29.1. The predicted molar refractivity (Wildman–Crippen MR) is 348 cm³/mol. The zero-order valence-corrected chi connectivity index (χ0v) is 52.9. The molecule has 0 bridgehead atoms. The first-order chi connectivity index (χ1) is 39.6. The summed E-state index contributed by atoms with van der Waals surface area (Å²) in [5.41, 5.74) is 24.0. The number of aromatic nitrogens is 2. The van der Waals surface area contributed by atoms with Gasteiger partial charge in [-0.25, -0.2) is 4.98 Å². The fraction of sp³-hybridized carbons (Fsp3) is 0.221. The number of rotatable bonds is 8. The van der Waals surface area contributed by atoms with Crippen molar-refractivity contribution < 1.29 is 30.2 Å². The predicted octanol–water partition coefficient (Wildman–Crippen LogP) is 21.3. The molecule has 0 N–H and O–H groups in total. The number of anilines is 4. The van der Waals surface area contributed by atoms with Gasteiger partial charge < -0.3 is 23.5 Å². The van der Waals surface area contributed by atoms with Gasteiger partial charge in [0.25, 0.3) is 0 Å². The first-order valence-electron chi connectivity index (χ1n) is 29.1. The van der Waals surface area contributed by atoms with Crippen molar-refractivity contribution >= 4 is 66.5 Å². The largest absolute Gasteiger partial charge is 0.509 e. The summed E-state index contributed by atoms with van der Waals surface area (Å²) in [4.78, 5) is 9.76. The van der Waals surface area contributed by atoms with Gasteiger partial charge in [0.1, 0.15) is 17.0 Å². The Labute approximate surface area is 510 Å². The summed E-state index contributed by atoms with van der Waals surface area (Å²) in [6.45, 7) is 33.9. The van der Waals surface area contributed by atoms with E-state index in [1.165, 1.54) is 66.8 Å². The maximum Gasteiger partial charge on any atom is 0.135 e. The summed E-state index contributed by atoms with van der Waals surface area (Å²) in [6, 6.07) is 67.1. The SMILES string of the molecule is Cc1ccc(-c2cccc(-c3c(C)cc(C)cc3C)c2N2[CH-]N(c3[c-]c(Oc4[c-]c5c(cc4)c4c6oc7ccccc7c6ccc4n5-c4cc(C(C)(C)C)ccn4)cc(-c4c(C(C)(C)C)cccc4C(C)(C)C)c3)c3ccccc32)c(C)c1.[Pt]. The van der Waals surface area contributed by atoms with Crippen LogP contribution in [0, 0.1) is 53.4 Å². The van der Waals surface area contributed by atoms with Crippen molar-refractivity contribution in [3.8, 4) is 50.7 Å². The van der Waals surface area contributed by atoms with Crippen LogP contribution in [0.4, 0.5) is 22.7 Å². The molecule has 0 spiro atoms. The second-order valence-corrected chi connectivity index (χ2v) is 26.1. The van der Waals surface area contributed by atoms with Crippen molar-refractivity contribution in [2.45, 2.75) is 113 Å². The first kappa shape index (κ1) is 56.3. The minimum absolute atomic E-state index is 0. The molecule has 3 aromatic heterocycles. The molecule has 0 aliphatic carbocycles. The molecular formula is C77H71N4O2Pt-3. The van der Waals surface area contributed by atoms with Gasteiger partial charge in [0.2, 0.25) is 0 Å². The van der Waals surface area contributed by atoms with E-state index in [0.717, 1.165) is 83.4 Å². The maximum absolute atomic E-state index is 7.29. The van der Waals surface area contributed by atoms with Crippen molar-refractivity contribution in [3.63, 3.8) is 0 Å². The standard InChI is InChI=1S/C77H71N4O2.Pt/c1-46-29-31-56(48(3)37-46)58-22-19-23-61(70-49(4)38-47(2)39-50(70)5)73(58)80-45-79(64-26-16-17-27-65(64)80)53-40-51(71-62(76(9,10)11)24-20-25-63(71)77(12,13)14)41-55(43-53)82-54-30-32-60-67(44-54)81(69-42-52(35-36-78-69)75(6,7)8)66-34-33-59-57-21-15-18-28-68(57)83-74(59)72(60)66;/h15-42,45H,1-14H3;/q-3;. The van der Waals surface area contributed by atoms with Crippen LogP contribution in [0.1, 0.15) is 107 Å². The van der Waals surface area contributed by atoms with Gasteiger partial charge in [-0.05, 0) is 149 Å². The Balaban J connectivity index is 0.00000694. The minimum Gasteiger partial charge on any atom is -0.509 e. The number of pyridine rings is 1. The van der Waals surface area contributed by atoms with Crippen molar-refractivity contribution in [2.24, 2.45) is 0 Å². The van der Waals surface area contributed by atoms with Crippen molar-refractivity contribution in [2.75, 3.05) is 9.80 Å². The zero-order chi connectivity index (χ0) is 58.0. The third-order valence-electron chi connectivity index (χ3n) is 16.8. The third kappa shape index (κ3) is 9.71. The maximum atomic E-state index is 7.29. The molecule has 0 saturated carbocycles. The number of hydrogen-bond acceptors (Lipinski definition) is 5. The molecule has 13 rings (SSSR count). The Kier molecular flexibility index (Phi) is 14.0. The minimum atomic E-state index is -0.184. The Bertz CT molecular complexity index is 4540. The summed E-state index contributed by atoms with van der Waals surface area (Å²) in [7, 11) is 0. The van der Waals surface area contributed by atoms with Crippen molar-refractivity contribution in [3.05, 3.63) is 233 Å². The Hall–Kier alpha value is -8.18. The molecule has 0 amide bonds. The van der Waals surface area contributed by atoms with Crippen LogP contribution in [0.2, 0.25) is 0 Å². The van der Waals surface area contributed by atoms with E-state index in [0.29, 0.717) is 11.5 Å². The molecule has 6 nitrogen and oxygen atoms in total. The van der Waals surface area contributed by atoms with Crippen LogP contribution in [0.15, 0.2) is 174 Å². The quantitative estimate of drug-likeness (QED) is 0.142. The van der Waals surface area contributed by atoms with E-state index >= 15 is 0 Å². The van der Waals surface area contributed by atoms with Crippen molar-refractivity contribution in [1.29, 1.82) is 0 Å². The number of fused-ring (bicyclic) bond motifs is 8. The number of furan rings is 1. The van der Waals surface area contributed by atoms with E-state index in [4.69, 9.17) is 14.1 Å². The molecule has 9 aromatic carbocycles. The molecule has 84 heavy (non-hydrogen) atoms. The summed E-state index contributed by atoms with van der Waals surface area (Å²) in [5, 5.41) is 4.15. The number of nitrogens with zero attached hydrogens (tertiary/aromatic N) is 4. The molecule has 0 radical (unpaired) electrons. The Morgan fingerprint density at radius 3 is 1.87 bits per heavy atom. The molecule has 1 aliphatic rings. The molecule has 0 saturated heterocycles. The van der Waals surface area contributed by atoms with Crippen LogP contribution in [-0.4, -0.2) is 9.55 Å². The van der Waals surface area contributed by atoms with E-state index in [-0.39, 0.29) is 37.3 Å². The van der Waals surface area contributed by atoms with Gasteiger partial charge in [-0.15, -0.1) is 48.3 Å². The Morgan fingerprint density at radius 2 is 1.17 bits per heavy atom. The van der Waals surface area contributed by atoms with Crippen molar-refractivity contribution in [1.82, 2.24) is 9.55 Å². The number of ether oxygens (including phenoxy) is 1. The van der Waals surface area contributed by atoms with E-state index in [2.05, 4.69) is 276 Å². The fourth-order valence-electron chi connectivity index (χ4n) is 13.0. The Morgan fingerprint density at radius 1 is 0.512 bits per heavy atom. The average Bonchev–Trinajstić information content (AvgIpc) is 2.07. The van der Waals surface area contributed by atoms with Gasteiger partial charge in [0.05, 0.1) is 0 Å². The van der Waals surface area contributed by atoms with E-state index in [1.807, 2.05) is 24.4 Å². The molecule has 1 aliphatic heterocycles. The molecule has 0 atom stereocenters. The number of hydrogen-bond donors (Lipinski definition) is 0. The number of aryl methyl sites for hydroxylation is 5. The second-order valence-electron chi connectivity index (χ2n) is 26.1.